The first kappa shape index (κ1) is 19.2. The Bertz CT molecular complexity index is 879. The summed E-state index contributed by atoms with van der Waals surface area (Å²) in [5.41, 5.74) is -0.441. The zero-order valence-electron chi connectivity index (χ0n) is 12.8. The highest BCUT2D eigenvalue weighted by atomic mass is 35.5. The number of hydrogen-bond acceptors (Lipinski definition) is 7. The lowest BCUT2D eigenvalue weighted by atomic mass is 10.3. The Hall–Kier alpha value is -2.14. The molecule has 2 rings (SSSR count). The highest BCUT2D eigenvalue weighted by Gasteiger charge is 2.34. The van der Waals surface area contributed by atoms with Crippen LogP contribution in [0.2, 0.25) is 10.0 Å². The average Bonchev–Trinajstić information content (AvgIpc) is 2.56. The topological polar surface area (TPSA) is 119 Å². The van der Waals surface area contributed by atoms with E-state index in [1.807, 2.05) is 0 Å². The Labute approximate surface area is 153 Å². The summed E-state index contributed by atoms with van der Waals surface area (Å²) in [6.07, 6.45) is 0. The number of halogens is 2. The first-order valence-electron chi connectivity index (χ1n) is 6.42. The van der Waals surface area contributed by atoms with Crippen molar-refractivity contribution in [1.29, 1.82) is 0 Å². The van der Waals surface area contributed by atoms with Crippen molar-refractivity contribution >= 4 is 45.1 Å². The van der Waals surface area contributed by atoms with Crippen molar-refractivity contribution in [1.82, 2.24) is 9.97 Å². The van der Waals surface area contributed by atoms with Crippen LogP contribution in [-0.2, 0) is 10.3 Å². The first-order valence-corrected chi connectivity index (χ1v) is 8.57. The van der Waals surface area contributed by atoms with Gasteiger partial charge in [-0.25, -0.2) is 0 Å². The molecule has 1 N–H and O–H groups in total. The summed E-state index contributed by atoms with van der Waals surface area (Å²) >= 11 is 11.9. The molecule has 1 amide bonds. The number of hydrogen-bond donors (Lipinski definition) is 1. The summed E-state index contributed by atoms with van der Waals surface area (Å²) in [4.78, 5) is 20.2. The number of para-hydroxylation sites is 1. The van der Waals surface area contributed by atoms with E-state index in [-0.39, 0.29) is 26.1 Å². The van der Waals surface area contributed by atoms with Crippen LogP contribution in [0.5, 0.6) is 11.8 Å². The minimum atomic E-state index is -5.10. The number of benzene rings is 1. The lowest BCUT2D eigenvalue weighted by molar-refractivity contribution is 0.0991. The molecule has 0 radical (unpaired) electrons. The van der Waals surface area contributed by atoms with Crippen molar-refractivity contribution in [2.45, 2.75) is 0 Å². The maximum Gasteiger partial charge on any atom is 0.367 e. The fourth-order valence-corrected chi connectivity index (χ4v) is 3.19. The largest absolute Gasteiger partial charge is 0.481 e. The molecule has 25 heavy (non-hydrogen) atoms. The number of aromatic nitrogens is 2. The highest BCUT2D eigenvalue weighted by Crippen LogP contribution is 2.35. The summed E-state index contributed by atoms with van der Waals surface area (Å²) in [5.74, 6) is -2.05. The van der Waals surface area contributed by atoms with Crippen molar-refractivity contribution in [3.05, 3.63) is 40.1 Å². The Balaban J connectivity index is 2.67. The number of carbonyl (C=O) groups is 1. The van der Waals surface area contributed by atoms with E-state index in [0.717, 1.165) is 0 Å². The standard InChI is InChI=1S/C13H11Cl2N3O6S/c1-23-9-6-10(24-2)17-12(16-9)13(19)18(25(20,21)22)11-7(14)4-3-5-8(11)15/h3-6H,1-2H3,(H,20,21,22). The highest BCUT2D eigenvalue weighted by molar-refractivity contribution is 7.88. The van der Waals surface area contributed by atoms with Gasteiger partial charge in [0.15, 0.2) is 0 Å². The molecular formula is C13H11Cl2N3O6S. The second kappa shape index (κ2) is 7.40. The van der Waals surface area contributed by atoms with Gasteiger partial charge in [-0.2, -0.15) is 22.7 Å². The van der Waals surface area contributed by atoms with Crippen LogP contribution in [0.4, 0.5) is 5.69 Å². The number of carbonyl (C=O) groups excluding carboxylic acids is 1. The van der Waals surface area contributed by atoms with E-state index >= 15 is 0 Å². The van der Waals surface area contributed by atoms with E-state index in [1.54, 1.807) is 0 Å². The quantitative estimate of drug-likeness (QED) is 0.749. The Morgan fingerprint density at radius 2 is 1.60 bits per heavy atom. The van der Waals surface area contributed by atoms with Gasteiger partial charge in [0.2, 0.25) is 17.6 Å². The molecule has 2 aromatic rings. The van der Waals surface area contributed by atoms with E-state index in [9.17, 15) is 17.8 Å². The number of ether oxygens (including phenoxy) is 2. The van der Waals surface area contributed by atoms with E-state index in [1.165, 1.54) is 38.5 Å². The summed E-state index contributed by atoms with van der Waals surface area (Å²) in [7, 11) is -2.54. The van der Waals surface area contributed by atoms with Gasteiger partial charge in [-0.3, -0.25) is 9.35 Å². The van der Waals surface area contributed by atoms with Crippen molar-refractivity contribution < 1.29 is 27.2 Å². The van der Waals surface area contributed by atoms with E-state index in [4.69, 9.17) is 32.7 Å². The van der Waals surface area contributed by atoms with Crippen molar-refractivity contribution in [3.8, 4) is 11.8 Å². The van der Waals surface area contributed by atoms with Gasteiger partial charge >= 0.3 is 16.2 Å². The van der Waals surface area contributed by atoms with Crippen LogP contribution in [0.25, 0.3) is 0 Å². The second-order valence-electron chi connectivity index (χ2n) is 4.39. The van der Waals surface area contributed by atoms with Gasteiger partial charge in [0, 0.05) is 0 Å². The van der Waals surface area contributed by atoms with Gasteiger partial charge in [-0.15, -0.1) is 0 Å². The van der Waals surface area contributed by atoms with Crippen LogP contribution in [0, 0.1) is 0 Å². The fraction of sp³-hybridized carbons (Fsp3) is 0.154. The lowest BCUT2D eigenvalue weighted by Gasteiger charge is -2.20. The zero-order valence-corrected chi connectivity index (χ0v) is 15.1. The molecule has 0 saturated heterocycles. The summed E-state index contributed by atoms with van der Waals surface area (Å²) < 4.78 is 42.9. The third kappa shape index (κ3) is 4.10. The molecule has 0 saturated carbocycles. The predicted octanol–water partition coefficient (Wildman–Crippen LogP) is 2.25. The molecule has 0 spiro atoms. The Morgan fingerprint density at radius 3 is 2.00 bits per heavy atom. The molecule has 9 nitrogen and oxygen atoms in total. The van der Waals surface area contributed by atoms with Crippen molar-refractivity contribution in [3.63, 3.8) is 0 Å². The van der Waals surface area contributed by atoms with E-state index in [2.05, 4.69) is 9.97 Å². The van der Waals surface area contributed by atoms with Crippen molar-refractivity contribution in [2.24, 2.45) is 0 Å². The number of rotatable bonds is 5. The lowest BCUT2D eigenvalue weighted by Crippen LogP contribution is -2.38. The monoisotopic (exact) mass is 407 g/mol. The van der Waals surface area contributed by atoms with Gasteiger partial charge in [-0.1, -0.05) is 29.3 Å². The molecule has 134 valence electrons. The Morgan fingerprint density at radius 1 is 1.12 bits per heavy atom. The van der Waals surface area contributed by atoms with Gasteiger partial charge in [0.1, 0.15) is 0 Å². The number of nitrogens with zero attached hydrogens (tertiary/aromatic N) is 3. The molecule has 1 heterocycles. The number of anilines is 1. The second-order valence-corrected chi connectivity index (χ2v) is 6.47. The van der Waals surface area contributed by atoms with E-state index in [0.29, 0.717) is 0 Å². The summed E-state index contributed by atoms with van der Waals surface area (Å²) in [6, 6.07) is 5.30. The van der Waals surface area contributed by atoms with Crippen molar-refractivity contribution in [2.75, 3.05) is 18.5 Å². The number of methoxy groups -OCH3 is 2. The van der Waals surface area contributed by atoms with Crippen LogP contribution in [0.1, 0.15) is 10.6 Å². The minimum Gasteiger partial charge on any atom is -0.481 e. The SMILES string of the molecule is COc1cc(OC)nc(C(=O)N(c2c(Cl)cccc2Cl)S(=O)(=O)O)n1. The third-order valence-corrected chi connectivity index (χ3v) is 4.26. The smallest absolute Gasteiger partial charge is 0.367 e. The van der Waals surface area contributed by atoms with Crippen LogP contribution in [-0.4, -0.2) is 43.1 Å². The molecule has 0 aliphatic rings. The van der Waals surface area contributed by atoms with Crippen LogP contribution >= 0.6 is 23.2 Å². The molecule has 1 aromatic carbocycles. The Kier molecular flexibility index (Phi) is 5.68. The maximum absolute atomic E-state index is 12.7. The van der Waals surface area contributed by atoms with Crippen LogP contribution < -0.4 is 13.8 Å². The van der Waals surface area contributed by atoms with Gasteiger partial charge in [0.05, 0.1) is 36.0 Å². The third-order valence-electron chi connectivity index (χ3n) is 2.84. The molecule has 0 aliphatic carbocycles. The average molecular weight is 408 g/mol. The molecule has 12 heteroatoms. The van der Waals surface area contributed by atoms with Gasteiger partial charge < -0.3 is 9.47 Å². The molecule has 0 aliphatic heterocycles. The van der Waals surface area contributed by atoms with Crippen LogP contribution in [0.3, 0.4) is 0 Å². The number of amides is 1. The molecular weight excluding hydrogens is 397 g/mol. The van der Waals surface area contributed by atoms with Crippen LogP contribution in [0.15, 0.2) is 24.3 Å². The molecule has 0 bridgehead atoms. The molecule has 1 aromatic heterocycles. The molecule has 0 fully saturated rings. The summed E-state index contributed by atoms with van der Waals surface area (Å²) in [6.45, 7) is 0. The maximum atomic E-state index is 12.7. The zero-order chi connectivity index (χ0) is 18.8. The van der Waals surface area contributed by atoms with E-state index < -0.39 is 27.7 Å². The molecule has 0 unspecified atom stereocenters. The fourth-order valence-electron chi connectivity index (χ4n) is 1.80. The predicted molar refractivity (Wildman–Crippen MR) is 90.0 cm³/mol. The molecule has 0 atom stereocenters. The summed E-state index contributed by atoms with van der Waals surface area (Å²) in [5, 5.41) is -0.373. The van der Waals surface area contributed by atoms with Gasteiger partial charge in [0.25, 0.3) is 0 Å². The first-order chi connectivity index (χ1) is 11.7. The normalized spacial score (nSPS) is 11.1. The minimum absolute atomic E-state index is 0.00806. The van der Waals surface area contributed by atoms with Gasteiger partial charge in [-0.05, 0) is 12.1 Å².